The Morgan fingerprint density at radius 3 is 2.68 bits per heavy atom. The molecule has 0 radical (unpaired) electrons. The maximum Gasteiger partial charge on any atom is 0.315 e. The third-order valence-corrected chi connectivity index (χ3v) is 3.90. The molecule has 0 unspecified atom stereocenters. The van der Waals surface area contributed by atoms with E-state index in [9.17, 15) is 10.1 Å². The Morgan fingerprint density at radius 1 is 1.37 bits per heavy atom. The van der Waals surface area contributed by atoms with Gasteiger partial charge in [0.2, 0.25) is 0 Å². The molecule has 1 aromatic carbocycles. The first-order chi connectivity index (χ1) is 9.09. The molecule has 2 N–H and O–H groups in total. The summed E-state index contributed by atoms with van der Waals surface area (Å²) in [7, 11) is 1.91. The summed E-state index contributed by atoms with van der Waals surface area (Å²) in [6, 6.07) is 5.13. The fourth-order valence-corrected chi connectivity index (χ4v) is 2.91. The lowest BCUT2D eigenvalue weighted by atomic mass is 9.89. The number of nitro groups is 1. The number of nitro benzene ring substituents is 1. The molecule has 104 valence electrons. The molecule has 0 heterocycles. The number of hydrogen-bond donors (Lipinski definition) is 1. The minimum atomic E-state index is -0.387. The minimum absolute atomic E-state index is 0.0285. The highest BCUT2D eigenvalue weighted by Gasteiger charge is 2.23. The van der Waals surface area contributed by atoms with Crippen molar-refractivity contribution in [3.63, 3.8) is 0 Å². The predicted octanol–water partition coefficient (Wildman–Crippen LogP) is 3.19. The van der Waals surface area contributed by atoms with Gasteiger partial charge in [0.15, 0.2) is 0 Å². The molecule has 5 nitrogen and oxygen atoms in total. The molecule has 0 atom stereocenters. The lowest BCUT2D eigenvalue weighted by Gasteiger charge is -2.28. The standard InChI is InChI=1S/C14H21N3O2/c1-16(10-11-6-3-2-4-7-11)13-9-5-8-12(15)14(13)17(18)19/h5,8-9,11H,2-4,6-7,10,15H2,1H3. The predicted molar refractivity (Wildman–Crippen MR) is 77.4 cm³/mol. The number of benzene rings is 1. The number of hydrogen-bond acceptors (Lipinski definition) is 4. The van der Waals surface area contributed by atoms with E-state index in [0.29, 0.717) is 11.6 Å². The summed E-state index contributed by atoms with van der Waals surface area (Å²) in [4.78, 5) is 12.7. The molecule has 0 aliphatic heterocycles. The number of anilines is 2. The van der Waals surface area contributed by atoms with Gasteiger partial charge in [0.1, 0.15) is 11.4 Å². The van der Waals surface area contributed by atoms with Crippen LogP contribution in [0.5, 0.6) is 0 Å². The first-order valence-corrected chi connectivity index (χ1v) is 6.83. The smallest absolute Gasteiger partial charge is 0.315 e. The summed E-state index contributed by atoms with van der Waals surface area (Å²) in [5.74, 6) is 0.639. The van der Waals surface area contributed by atoms with Crippen LogP contribution in [-0.4, -0.2) is 18.5 Å². The molecule has 1 saturated carbocycles. The van der Waals surface area contributed by atoms with Crippen LogP contribution in [0.4, 0.5) is 17.1 Å². The van der Waals surface area contributed by atoms with E-state index in [-0.39, 0.29) is 16.3 Å². The van der Waals surface area contributed by atoms with Gasteiger partial charge in [-0.15, -0.1) is 0 Å². The SMILES string of the molecule is CN(CC1CCCCC1)c1cccc(N)c1[N+](=O)[O-]. The summed E-state index contributed by atoms with van der Waals surface area (Å²) >= 11 is 0. The van der Waals surface area contributed by atoms with Crippen LogP contribution in [0.3, 0.4) is 0 Å². The Labute approximate surface area is 113 Å². The van der Waals surface area contributed by atoms with Crippen molar-refractivity contribution in [3.05, 3.63) is 28.3 Å². The second kappa shape index (κ2) is 5.91. The summed E-state index contributed by atoms with van der Waals surface area (Å²) in [5, 5.41) is 11.1. The Hall–Kier alpha value is -1.78. The zero-order chi connectivity index (χ0) is 13.8. The minimum Gasteiger partial charge on any atom is -0.393 e. The highest BCUT2D eigenvalue weighted by atomic mass is 16.6. The Bertz CT molecular complexity index is 456. The quantitative estimate of drug-likeness (QED) is 0.514. The molecular formula is C14H21N3O2. The molecule has 0 saturated heterocycles. The number of nitrogen functional groups attached to an aromatic ring is 1. The topological polar surface area (TPSA) is 72.4 Å². The van der Waals surface area contributed by atoms with E-state index in [1.807, 2.05) is 11.9 Å². The molecule has 0 spiro atoms. The van der Waals surface area contributed by atoms with E-state index in [1.54, 1.807) is 18.2 Å². The second-order valence-corrected chi connectivity index (χ2v) is 5.36. The third kappa shape index (κ3) is 3.16. The van der Waals surface area contributed by atoms with Gasteiger partial charge in [0.05, 0.1) is 4.92 Å². The fourth-order valence-electron chi connectivity index (χ4n) is 2.91. The van der Waals surface area contributed by atoms with E-state index in [2.05, 4.69) is 0 Å². The number of nitrogens with zero attached hydrogens (tertiary/aromatic N) is 2. The van der Waals surface area contributed by atoms with E-state index in [4.69, 9.17) is 5.73 Å². The van der Waals surface area contributed by atoms with Gasteiger partial charge in [-0.3, -0.25) is 10.1 Å². The largest absolute Gasteiger partial charge is 0.393 e. The highest BCUT2D eigenvalue weighted by Crippen LogP contribution is 2.34. The maximum atomic E-state index is 11.1. The van der Waals surface area contributed by atoms with Crippen molar-refractivity contribution in [1.29, 1.82) is 0 Å². The zero-order valence-electron chi connectivity index (χ0n) is 11.3. The van der Waals surface area contributed by atoms with Crippen LogP contribution < -0.4 is 10.6 Å². The molecule has 0 bridgehead atoms. The van der Waals surface area contributed by atoms with E-state index >= 15 is 0 Å². The van der Waals surface area contributed by atoms with Crippen LogP contribution >= 0.6 is 0 Å². The second-order valence-electron chi connectivity index (χ2n) is 5.36. The molecule has 0 aromatic heterocycles. The third-order valence-electron chi connectivity index (χ3n) is 3.90. The van der Waals surface area contributed by atoms with Crippen molar-refractivity contribution < 1.29 is 4.92 Å². The Balaban J connectivity index is 2.16. The van der Waals surface area contributed by atoms with Gasteiger partial charge in [-0.1, -0.05) is 25.3 Å². The molecule has 1 fully saturated rings. The van der Waals surface area contributed by atoms with Crippen LogP contribution in [0, 0.1) is 16.0 Å². The molecule has 1 aliphatic rings. The number of nitrogens with two attached hydrogens (primary N) is 1. The van der Waals surface area contributed by atoms with Gasteiger partial charge in [-0.25, -0.2) is 0 Å². The van der Waals surface area contributed by atoms with Crippen molar-refractivity contribution in [1.82, 2.24) is 0 Å². The molecule has 0 amide bonds. The van der Waals surface area contributed by atoms with E-state index in [0.717, 1.165) is 6.54 Å². The molecule has 1 aromatic rings. The van der Waals surface area contributed by atoms with Gasteiger partial charge >= 0.3 is 5.69 Å². The normalized spacial score (nSPS) is 16.3. The first kappa shape index (κ1) is 13.6. The summed E-state index contributed by atoms with van der Waals surface area (Å²) in [6.07, 6.45) is 6.31. The van der Waals surface area contributed by atoms with Crippen LogP contribution in [0.15, 0.2) is 18.2 Å². The fraction of sp³-hybridized carbons (Fsp3) is 0.571. The van der Waals surface area contributed by atoms with Crippen molar-refractivity contribution in [2.75, 3.05) is 24.2 Å². The van der Waals surface area contributed by atoms with Crippen molar-refractivity contribution in [3.8, 4) is 0 Å². The number of rotatable bonds is 4. The average Bonchev–Trinajstić information content (AvgIpc) is 2.39. The van der Waals surface area contributed by atoms with Gasteiger partial charge in [0.25, 0.3) is 0 Å². The van der Waals surface area contributed by atoms with Crippen LogP contribution in [0.1, 0.15) is 32.1 Å². The molecule has 2 rings (SSSR count). The lowest BCUT2D eigenvalue weighted by Crippen LogP contribution is -2.27. The molecule has 1 aliphatic carbocycles. The molecule has 19 heavy (non-hydrogen) atoms. The molecular weight excluding hydrogens is 242 g/mol. The Morgan fingerprint density at radius 2 is 2.05 bits per heavy atom. The summed E-state index contributed by atoms with van der Waals surface area (Å²) in [6.45, 7) is 0.865. The summed E-state index contributed by atoms with van der Waals surface area (Å²) < 4.78 is 0. The highest BCUT2D eigenvalue weighted by molar-refractivity contribution is 5.75. The number of para-hydroxylation sites is 1. The maximum absolute atomic E-state index is 11.1. The lowest BCUT2D eigenvalue weighted by molar-refractivity contribution is -0.383. The van der Waals surface area contributed by atoms with Crippen molar-refractivity contribution in [2.45, 2.75) is 32.1 Å². The monoisotopic (exact) mass is 263 g/mol. The first-order valence-electron chi connectivity index (χ1n) is 6.83. The van der Waals surface area contributed by atoms with E-state index < -0.39 is 0 Å². The van der Waals surface area contributed by atoms with E-state index in [1.165, 1.54) is 32.1 Å². The summed E-state index contributed by atoms with van der Waals surface area (Å²) in [5.41, 5.74) is 6.61. The van der Waals surface area contributed by atoms with Gasteiger partial charge < -0.3 is 10.6 Å². The molecule has 5 heteroatoms. The van der Waals surface area contributed by atoms with Gasteiger partial charge in [-0.2, -0.15) is 0 Å². The van der Waals surface area contributed by atoms with Gasteiger partial charge in [0, 0.05) is 13.6 Å². The van der Waals surface area contributed by atoms with Crippen molar-refractivity contribution >= 4 is 17.1 Å². The van der Waals surface area contributed by atoms with Crippen LogP contribution in [0.25, 0.3) is 0 Å². The van der Waals surface area contributed by atoms with Gasteiger partial charge in [-0.05, 0) is 30.9 Å². The average molecular weight is 263 g/mol. The van der Waals surface area contributed by atoms with Crippen molar-refractivity contribution in [2.24, 2.45) is 5.92 Å². The Kier molecular flexibility index (Phi) is 4.24. The van der Waals surface area contributed by atoms with Crippen LogP contribution in [0.2, 0.25) is 0 Å². The van der Waals surface area contributed by atoms with Crippen LogP contribution in [-0.2, 0) is 0 Å². The zero-order valence-corrected chi connectivity index (χ0v) is 11.3.